The van der Waals surface area contributed by atoms with Gasteiger partial charge in [-0.15, -0.1) is 0 Å². The summed E-state index contributed by atoms with van der Waals surface area (Å²) in [6.45, 7) is 9.06. The van der Waals surface area contributed by atoms with E-state index in [1.807, 2.05) is 6.92 Å². The lowest BCUT2D eigenvalue weighted by Crippen LogP contribution is -1.81. The van der Waals surface area contributed by atoms with Gasteiger partial charge in [0.25, 0.3) is 0 Å². The Labute approximate surface area is 71.8 Å². The molecule has 0 rings (SSSR count). The second-order valence-corrected chi connectivity index (χ2v) is 2.65. The van der Waals surface area contributed by atoms with Crippen molar-refractivity contribution in [3.05, 3.63) is 34.9 Å². The lowest BCUT2D eigenvalue weighted by atomic mass is 10.2. The molecule has 0 spiro atoms. The summed E-state index contributed by atoms with van der Waals surface area (Å²) >= 11 is 11.4. The normalized spacial score (nSPS) is 12.3. The van der Waals surface area contributed by atoms with Crippen LogP contribution in [0.1, 0.15) is 13.3 Å². The van der Waals surface area contributed by atoms with Gasteiger partial charge in [-0.3, -0.25) is 0 Å². The van der Waals surface area contributed by atoms with E-state index in [4.69, 9.17) is 23.2 Å². The van der Waals surface area contributed by atoms with Crippen LogP contribution < -0.4 is 0 Å². The zero-order valence-corrected chi connectivity index (χ0v) is 7.47. The van der Waals surface area contributed by atoms with Crippen molar-refractivity contribution in [2.45, 2.75) is 13.3 Å². The molecule has 2 heteroatoms. The number of hydrogen-bond donors (Lipinski definition) is 0. The third-order valence-electron chi connectivity index (χ3n) is 1.15. The van der Waals surface area contributed by atoms with Gasteiger partial charge in [0.2, 0.25) is 0 Å². The fraction of sp³-hybridized carbons (Fsp3) is 0.250. The van der Waals surface area contributed by atoms with Gasteiger partial charge < -0.3 is 0 Å². The molecule has 0 atom stereocenters. The third kappa shape index (κ3) is 2.59. The molecule has 0 saturated carbocycles. The predicted molar refractivity (Wildman–Crippen MR) is 48.4 cm³/mol. The molecule has 10 heavy (non-hydrogen) atoms. The monoisotopic (exact) mass is 176 g/mol. The summed E-state index contributed by atoms with van der Waals surface area (Å²) in [4.78, 5) is 0. The predicted octanol–water partition coefficient (Wildman–Crippen LogP) is 3.83. The maximum Gasteiger partial charge on any atom is 0.0446 e. The number of rotatable bonds is 3. The Morgan fingerprint density at radius 1 is 1.50 bits per heavy atom. The van der Waals surface area contributed by atoms with Crippen LogP contribution in [0, 0.1) is 0 Å². The maximum atomic E-state index is 5.74. The van der Waals surface area contributed by atoms with Gasteiger partial charge in [0, 0.05) is 10.1 Å². The highest BCUT2D eigenvalue weighted by Gasteiger charge is 2.00. The third-order valence-corrected chi connectivity index (χ3v) is 1.76. The second-order valence-electron chi connectivity index (χ2n) is 1.79. The van der Waals surface area contributed by atoms with Gasteiger partial charge in [-0.25, -0.2) is 0 Å². The molecule has 0 aromatic rings. The molecule has 0 radical (unpaired) electrons. The van der Waals surface area contributed by atoms with Crippen molar-refractivity contribution >= 4 is 23.2 Å². The minimum absolute atomic E-state index is 0.493. The summed E-state index contributed by atoms with van der Waals surface area (Å²) in [6.07, 6.45) is 2.35. The van der Waals surface area contributed by atoms with Gasteiger partial charge in [-0.2, -0.15) is 0 Å². The molecular weight excluding hydrogens is 167 g/mol. The Balaban J connectivity index is 4.62. The summed E-state index contributed by atoms with van der Waals surface area (Å²) in [7, 11) is 0. The zero-order valence-electron chi connectivity index (χ0n) is 5.95. The SMILES string of the molecule is C=C/C(Cl)=C(/CC)C(=C)Cl. The van der Waals surface area contributed by atoms with Crippen LogP contribution in [-0.4, -0.2) is 0 Å². The van der Waals surface area contributed by atoms with Crippen molar-refractivity contribution in [3.63, 3.8) is 0 Å². The first-order valence-electron chi connectivity index (χ1n) is 2.99. The van der Waals surface area contributed by atoms with E-state index >= 15 is 0 Å². The molecule has 0 aromatic heterocycles. The number of hydrogen-bond acceptors (Lipinski definition) is 0. The lowest BCUT2D eigenvalue weighted by Gasteiger charge is -2.01. The van der Waals surface area contributed by atoms with E-state index in [9.17, 15) is 0 Å². The Hall–Kier alpha value is -0.200. The van der Waals surface area contributed by atoms with Gasteiger partial charge in [-0.1, -0.05) is 49.4 Å². The van der Waals surface area contributed by atoms with Crippen LogP contribution in [0.5, 0.6) is 0 Å². The highest BCUT2D eigenvalue weighted by molar-refractivity contribution is 6.36. The van der Waals surface area contributed by atoms with E-state index in [-0.39, 0.29) is 0 Å². The molecular formula is C8H10Cl2. The number of halogens is 2. The van der Waals surface area contributed by atoms with E-state index in [0.29, 0.717) is 10.1 Å². The molecule has 0 fully saturated rings. The van der Waals surface area contributed by atoms with Crippen LogP contribution in [-0.2, 0) is 0 Å². The minimum Gasteiger partial charge on any atom is -0.0976 e. The molecule has 0 amide bonds. The van der Waals surface area contributed by atoms with Crippen molar-refractivity contribution in [1.29, 1.82) is 0 Å². The van der Waals surface area contributed by atoms with Gasteiger partial charge in [0.1, 0.15) is 0 Å². The molecule has 0 aliphatic rings. The first kappa shape index (κ1) is 9.80. The second kappa shape index (κ2) is 4.59. The Kier molecular flexibility index (Phi) is 4.50. The van der Waals surface area contributed by atoms with Gasteiger partial charge in [0.15, 0.2) is 0 Å². The zero-order chi connectivity index (χ0) is 8.15. The Morgan fingerprint density at radius 3 is 2.10 bits per heavy atom. The van der Waals surface area contributed by atoms with Crippen LogP contribution in [0.2, 0.25) is 0 Å². The molecule has 0 saturated heterocycles. The molecule has 0 aliphatic heterocycles. The molecule has 0 aromatic carbocycles. The van der Waals surface area contributed by atoms with Crippen LogP contribution in [0.25, 0.3) is 0 Å². The standard InChI is InChI=1S/C8H10Cl2/c1-4-7(6(3)9)8(10)5-2/h5H,2-4H2,1H3/b8-7+. The summed E-state index contributed by atoms with van der Waals surface area (Å²) in [5.74, 6) is 0. The maximum absolute atomic E-state index is 5.74. The summed E-state index contributed by atoms with van der Waals surface area (Å²) < 4.78 is 0. The lowest BCUT2D eigenvalue weighted by molar-refractivity contribution is 1.14. The van der Waals surface area contributed by atoms with E-state index < -0.39 is 0 Å². The highest BCUT2D eigenvalue weighted by Crippen LogP contribution is 2.22. The van der Waals surface area contributed by atoms with E-state index in [1.54, 1.807) is 6.08 Å². The van der Waals surface area contributed by atoms with E-state index in [0.717, 1.165) is 12.0 Å². The molecule has 0 bridgehead atoms. The van der Waals surface area contributed by atoms with Gasteiger partial charge >= 0.3 is 0 Å². The first-order chi connectivity index (χ1) is 4.63. The smallest absolute Gasteiger partial charge is 0.0446 e. The van der Waals surface area contributed by atoms with Crippen molar-refractivity contribution in [2.75, 3.05) is 0 Å². The molecule has 0 unspecified atom stereocenters. The molecule has 0 aliphatic carbocycles. The first-order valence-corrected chi connectivity index (χ1v) is 3.75. The van der Waals surface area contributed by atoms with Crippen molar-refractivity contribution in [2.24, 2.45) is 0 Å². The summed E-state index contributed by atoms with van der Waals surface area (Å²) in [6, 6.07) is 0. The summed E-state index contributed by atoms with van der Waals surface area (Å²) in [5.41, 5.74) is 0.860. The van der Waals surface area contributed by atoms with Crippen molar-refractivity contribution < 1.29 is 0 Å². The molecule has 0 N–H and O–H groups in total. The van der Waals surface area contributed by atoms with Crippen LogP contribution in [0.15, 0.2) is 34.9 Å². The van der Waals surface area contributed by atoms with Crippen LogP contribution in [0.3, 0.4) is 0 Å². The highest BCUT2D eigenvalue weighted by atomic mass is 35.5. The van der Waals surface area contributed by atoms with Gasteiger partial charge in [-0.05, 0) is 12.0 Å². The molecule has 0 heterocycles. The van der Waals surface area contributed by atoms with Gasteiger partial charge in [0.05, 0.1) is 0 Å². The van der Waals surface area contributed by atoms with Crippen LogP contribution in [0.4, 0.5) is 0 Å². The summed E-state index contributed by atoms with van der Waals surface area (Å²) in [5, 5.41) is 1.08. The van der Waals surface area contributed by atoms with E-state index in [2.05, 4.69) is 13.2 Å². The average molecular weight is 177 g/mol. The van der Waals surface area contributed by atoms with E-state index in [1.165, 1.54) is 0 Å². The average Bonchev–Trinajstić information content (AvgIpc) is 1.88. The largest absolute Gasteiger partial charge is 0.0976 e. The minimum atomic E-state index is 0.493. The Bertz CT molecular complexity index is 178. The number of allylic oxidation sites excluding steroid dienone is 4. The molecule has 0 nitrogen and oxygen atoms in total. The topological polar surface area (TPSA) is 0 Å². The fourth-order valence-corrected chi connectivity index (χ4v) is 1.14. The fourth-order valence-electron chi connectivity index (χ4n) is 0.613. The quantitative estimate of drug-likeness (QED) is 0.574. The van der Waals surface area contributed by atoms with Crippen molar-refractivity contribution in [3.8, 4) is 0 Å². The Morgan fingerprint density at radius 2 is 2.00 bits per heavy atom. The van der Waals surface area contributed by atoms with Crippen LogP contribution >= 0.6 is 23.2 Å². The molecule has 56 valence electrons. The van der Waals surface area contributed by atoms with Crippen molar-refractivity contribution in [1.82, 2.24) is 0 Å².